The first-order valence-electron chi connectivity index (χ1n) is 6.32. The molecule has 0 aliphatic rings. The molecular formula is C14H22O6. The van der Waals surface area contributed by atoms with Crippen LogP contribution in [0.5, 0.6) is 17.2 Å². The lowest BCUT2D eigenvalue weighted by molar-refractivity contribution is 0.0460. The van der Waals surface area contributed by atoms with E-state index in [9.17, 15) is 0 Å². The Morgan fingerprint density at radius 3 is 2.10 bits per heavy atom. The van der Waals surface area contributed by atoms with Gasteiger partial charge in [-0.1, -0.05) is 0 Å². The monoisotopic (exact) mass is 286 g/mol. The summed E-state index contributed by atoms with van der Waals surface area (Å²) in [6.45, 7) is 0.373. The minimum absolute atomic E-state index is 0.0933. The fraction of sp³-hybridized carbons (Fsp3) is 0.571. The van der Waals surface area contributed by atoms with E-state index in [1.807, 2.05) is 0 Å². The molecule has 0 heterocycles. The topological polar surface area (TPSA) is 66.4 Å². The van der Waals surface area contributed by atoms with Gasteiger partial charge in [0.15, 0.2) is 25.1 Å². The first kappa shape index (κ1) is 16.6. The summed E-state index contributed by atoms with van der Waals surface area (Å²) >= 11 is 0. The highest BCUT2D eigenvalue weighted by atomic mass is 16.7. The molecule has 114 valence electrons. The Bertz CT molecular complexity index is 393. The fourth-order valence-corrected chi connectivity index (χ4v) is 1.80. The van der Waals surface area contributed by atoms with Crippen LogP contribution in [0.15, 0.2) is 12.1 Å². The molecule has 0 amide bonds. The van der Waals surface area contributed by atoms with Crippen LogP contribution in [0, 0.1) is 0 Å². The molecule has 1 aromatic rings. The van der Waals surface area contributed by atoms with E-state index in [4.69, 9.17) is 28.8 Å². The molecule has 0 spiro atoms. The largest absolute Gasteiger partial charge is 0.492 e. The summed E-state index contributed by atoms with van der Waals surface area (Å²) in [6, 6.07) is 3.55. The van der Waals surface area contributed by atoms with E-state index in [1.54, 1.807) is 33.5 Å². The van der Waals surface area contributed by atoms with Crippen molar-refractivity contribution in [2.24, 2.45) is 0 Å². The third-order valence-electron chi connectivity index (χ3n) is 2.63. The van der Waals surface area contributed by atoms with E-state index >= 15 is 0 Å². The predicted octanol–water partition coefficient (Wildman–Crippen LogP) is 1.59. The molecule has 0 saturated carbocycles. The summed E-state index contributed by atoms with van der Waals surface area (Å²) in [6.07, 6.45) is 1.22. The fourth-order valence-electron chi connectivity index (χ4n) is 1.80. The Balaban J connectivity index is 3.05. The van der Waals surface area contributed by atoms with Gasteiger partial charge in [-0.2, -0.15) is 0 Å². The van der Waals surface area contributed by atoms with Crippen LogP contribution in [-0.2, 0) is 15.9 Å². The van der Waals surface area contributed by atoms with E-state index in [0.29, 0.717) is 30.1 Å². The second-order valence-corrected chi connectivity index (χ2v) is 4.00. The van der Waals surface area contributed by atoms with Crippen LogP contribution in [0.2, 0.25) is 0 Å². The van der Waals surface area contributed by atoms with Crippen molar-refractivity contribution in [1.82, 2.24) is 0 Å². The molecule has 0 aliphatic heterocycles. The molecule has 0 aliphatic carbocycles. The zero-order valence-electron chi connectivity index (χ0n) is 12.2. The van der Waals surface area contributed by atoms with E-state index in [2.05, 4.69) is 0 Å². The van der Waals surface area contributed by atoms with Crippen LogP contribution in [0.1, 0.15) is 12.0 Å². The Morgan fingerprint density at radius 1 is 0.950 bits per heavy atom. The smallest absolute Gasteiger partial charge is 0.188 e. The van der Waals surface area contributed by atoms with E-state index < -0.39 is 0 Å². The highest BCUT2D eigenvalue weighted by Crippen LogP contribution is 2.38. The van der Waals surface area contributed by atoms with E-state index in [0.717, 1.165) is 5.56 Å². The van der Waals surface area contributed by atoms with Gasteiger partial charge in [0.05, 0.1) is 7.11 Å². The van der Waals surface area contributed by atoms with Gasteiger partial charge < -0.3 is 28.8 Å². The van der Waals surface area contributed by atoms with Gasteiger partial charge in [0, 0.05) is 26.4 Å². The van der Waals surface area contributed by atoms with Crippen molar-refractivity contribution in [1.29, 1.82) is 0 Å². The van der Waals surface area contributed by atoms with Crippen LogP contribution < -0.4 is 14.2 Å². The first-order chi connectivity index (χ1) is 9.78. The third-order valence-corrected chi connectivity index (χ3v) is 2.63. The molecule has 0 radical (unpaired) electrons. The first-order valence-corrected chi connectivity index (χ1v) is 6.32. The van der Waals surface area contributed by atoms with Crippen molar-refractivity contribution in [2.45, 2.75) is 12.8 Å². The van der Waals surface area contributed by atoms with Gasteiger partial charge in [0.25, 0.3) is 0 Å². The van der Waals surface area contributed by atoms with Crippen molar-refractivity contribution >= 4 is 0 Å². The third kappa shape index (κ3) is 4.56. The highest BCUT2D eigenvalue weighted by molar-refractivity contribution is 5.54. The average Bonchev–Trinajstić information content (AvgIpc) is 2.48. The lowest BCUT2D eigenvalue weighted by Crippen LogP contribution is -2.07. The molecule has 0 atom stereocenters. The molecule has 0 aromatic heterocycles. The molecule has 1 rings (SSSR count). The maximum atomic E-state index is 9.01. The number of methoxy groups -OCH3 is 3. The average molecular weight is 286 g/mol. The number of rotatable bonds is 10. The van der Waals surface area contributed by atoms with Crippen molar-refractivity contribution in [3.8, 4) is 17.2 Å². The summed E-state index contributed by atoms with van der Waals surface area (Å²) < 4.78 is 26.2. The molecule has 0 bridgehead atoms. The van der Waals surface area contributed by atoms with Gasteiger partial charge >= 0.3 is 0 Å². The molecule has 1 aromatic carbocycles. The van der Waals surface area contributed by atoms with Crippen LogP contribution in [0.25, 0.3) is 0 Å². The molecule has 6 heteroatoms. The Morgan fingerprint density at radius 2 is 1.55 bits per heavy atom. The van der Waals surface area contributed by atoms with E-state index in [1.165, 1.54) is 0 Å². The highest BCUT2D eigenvalue weighted by Gasteiger charge is 2.16. The molecule has 0 saturated heterocycles. The van der Waals surface area contributed by atoms with Gasteiger partial charge in [0.2, 0.25) is 0 Å². The van der Waals surface area contributed by atoms with E-state index in [-0.39, 0.29) is 20.2 Å². The molecule has 1 N–H and O–H groups in total. The predicted molar refractivity (Wildman–Crippen MR) is 73.4 cm³/mol. The van der Waals surface area contributed by atoms with Crippen molar-refractivity contribution in [2.75, 3.05) is 41.5 Å². The molecule has 6 nitrogen and oxygen atoms in total. The second-order valence-electron chi connectivity index (χ2n) is 4.00. The summed E-state index contributed by atoms with van der Waals surface area (Å²) in [4.78, 5) is 0. The van der Waals surface area contributed by atoms with Crippen LogP contribution in [0.4, 0.5) is 0 Å². The van der Waals surface area contributed by atoms with Gasteiger partial charge in [-0.25, -0.2) is 0 Å². The maximum absolute atomic E-state index is 9.01. The quantitative estimate of drug-likeness (QED) is 0.659. The lowest BCUT2D eigenvalue weighted by Gasteiger charge is -2.17. The zero-order chi connectivity index (χ0) is 14.8. The van der Waals surface area contributed by atoms with Crippen LogP contribution in [-0.4, -0.2) is 46.6 Å². The molecule has 0 unspecified atom stereocenters. The number of aliphatic hydroxyl groups excluding tert-OH is 1. The van der Waals surface area contributed by atoms with Gasteiger partial charge in [-0.3, -0.25) is 0 Å². The Kier molecular flexibility index (Phi) is 7.79. The number of ether oxygens (including phenoxy) is 5. The summed E-state index contributed by atoms with van der Waals surface area (Å²) in [5.41, 5.74) is 0.840. The van der Waals surface area contributed by atoms with Gasteiger partial charge in [-0.15, -0.1) is 0 Å². The molecule has 20 heavy (non-hydrogen) atoms. The minimum atomic E-state index is 0.0933. The lowest BCUT2D eigenvalue weighted by atomic mass is 10.1. The summed E-state index contributed by atoms with van der Waals surface area (Å²) in [5.74, 6) is 1.82. The standard InChI is InChI=1S/C14H22O6/c1-16-9-19-12-6-7-13(20-10-17-2)14(18-3)11(12)5-4-8-15/h6-7,15H,4-5,8-10H2,1-3H3. The number of benzene rings is 1. The van der Waals surface area contributed by atoms with Crippen LogP contribution in [0.3, 0.4) is 0 Å². The maximum Gasteiger partial charge on any atom is 0.188 e. The summed E-state index contributed by atoms with van der Waals surface area (Å²) in [5, 5.41) is 9.01. The SMILES string of the molecule is COCOc1ccc(OCOC)c(OC)c1CCCO. The van der Waals surface area contributed by atoms with Gasteiger partial charge in [-0.05, 0) is 25.0 Å². The van der Waals surface area contributed by atoms with Gasteiger partial charge in [0.1, 0.15) is 5.75 Å². The van der Waals surface area contributed by atoms with Crippen molar-refractivity contribution < 1.29 is 28.8 Å². The number of hydrogen-bond acceptors (Lipinski definition) is 6. The zero-order valence-corrected chi connectivity index (χ0v) is 12.2. The molecular weight excluding hydrogens is 264 g/mol. The normalized spacial score (nSPS) is 10.4. The minimum Gasteiger partial charge on any atom is -0.492 e. The Hall–Kier alpha value is -1.50. The van der Waals surface area contributed by atoms with Crippen molar-refractivity contribution in [3.63, 3.8) is 0 Å². The number of hydrogen-bond donors (Lipinski definition) is 1. The Labute approximate surface area is 119 Å². The summed E-state index contributed by atoms with van der Waals surface area (Å²) in [7, 11) is 4.67. The van der Waals surface area contributed by atoms with Crippen LogP contribution >= 0.6 is 0 Å². The second kappa shape index (κ2) is 9.41. The molecule has 0 fully saturated rings. The van der Waals surface area contributed by atoms with Crippen molar-refractivity contribution in [3.05, 3.63) is 17.7 Å². The number of aliphatic hydroxyl groups is 1.